The monoisotopic (exact) mass is 128 g/mol. The first-order valence-electron chi connectivity index (χ1n) is 2.03. The van der Waals surface area contributed by atoms with E-state index in [1.807, 2.05) is 0 Å². The van der Waals surface area contributed by atoms with Crippen LogP contribution in [0.3, 0.4) is 0 Å². The van der Waals surface area contributed by atoms with Gasteiger partial charge in [-0.05, 0) is 12.1 Å². The average molecular weight is 129 g/mol. The van der Waals surface area contributed by atoms with Gasteiger partial charge in [0.1, 0.15) is 5.82 Å². The number of hydrogen-bond donors (Lipinski definition) is 0. The molecule has 0 saturated carbocycles. The Bertz CT molecular complexity index is 147. The molecule has 0 spiro atoms. The van der Waals surface area contributed by atoms with Crippen molar-refractivity contribution in [1.82, 2.24) is 0 Å². The van der Waals surface area contributed by atoms with E-state index in [4.69, 9.17) is 11.6 Å². The second-order valence-electron chi connectivity index (χ2n) is 1.27. The van der Waals surface area contributed by atoms with Crippen molar-refractivity contribution in [2.45, 2.75) is 0 Å². The summed E-state index contributed by atoms with van der Waals surface area (Å²) in [6, 6.07) is 7.20. The standard InChI is InChI=1S/C6H2ClF/c7-5-1-3-6(8)4-2-5/h1,4H. The molecule has 0 aliphatic heterocycles. The molecule has 0 nitrogen and oxygen atoms in total. The van der Waals surface area contributed by atoms with E-state index in [9.17, 15) is 4.39 Å². The predicted octanol–water partition coefficient (Wildman–Crippen LogP) is 2.08. The molecule has 1 aromatic rings. The molecule has 0 bridgehead atoms. The number of benzene rings is 1. The molecule has 2 heteroatoms. The lowest BCUT2D eigenvalue weighted by molar-refractivity contribution is 0.625. The molecule has 40 valence electrons. The van der Waals surface area contributed by atoms with Crippen LogP contribution in [-0.4, -0.2) is 0 Å². The van der Waals surface area contributed by atoms with Gasteiger partial charge in [0.15, 0.2) is 0 Å². The second-order valence-corrected chi connectivity index (χ2v) is 1.68. The Labute approximate surface area is 51.9 Å². The minimum Gasteiger partial charge on any atom is -0.206 e. The fourth-order valence-electron chi connectivity index (χ4n) is 0.348. The van der Waals surface area contributed by atoms with Crippen LogP contribution in [0.25, 0.3) is 0 Å². The molecule has 8 heavy (non-hydrogen) atoms. The molecule has 0 N–H and O–H groups in total. The number of halogens is 2. The summed E-state index contributed by atoms with van der Waals surface area (Å²) in [5, 5.41) is 0.381. The van der Waals surface area contributed by atoms with Crippen molar-refractivity contribution in [1.29, 1.82) is 0 Å². The fraction of sp³-hybridized carbons (Fsp3) is 0. The zero-order chi connectivity index (χ0) is 5.98. The highest BCUT2D eigenvalue weighted by molar-refractivity contribution is 6.30. The molecule has 0 heterocycles. The first-order chi connectivity index (χ1) is 3.79. The quantitative estimate of drug-likeness (QED) is 0.502. The highest BCUT2D eigenvalue weighted by atomic mass is 35.5. The van der Waals surface area contributed by atoms with Gasteiger partial charge >= 0.3 is 0 Å². The Morgan fingerprint density at radius 2 is 2.12 bits per heavy atom. The van der Waals surface area contributed by atoms with E-state index in [0.717, 1.165) is 6.07 Å². The minimum atomic E-state index is -0.436. The van der Waals surface area contributed by atoms with Gasteiger partial charge in [0.05, 0.1) is 0 Å². The summed E-state index contributed by atoms with van der Waals surface area (Å²) in [5.74, 6) is -0.436. The minimum absolute atomic E-state index is 0.381. The Morgan fingerprint density at radius 1 is 1.38 bits per heavy atom. The van der Waals surface area contributed by atoms with Crippen LogP contribution < -0.4 is 0 Å². The third kappa shape index (κ3) is 1.20. The van der Waals surface area contributed by atoms with Crippen molar-refractivity contribution in [3.63, 3.8) is 0 Å². The second kappa shape index (κ2) is 2.14. The summed E-state index contributed by atoms with van der Waals surface area (Å²) in [4.78, 5) is 0. The lowest BCUT2D eigenvalue weighted by Gasteiger charge is -1.83. The summed E-state index contributed by atoms with van der Waals surface area (Å²) in [6.45, 7) is 0. The van der Waals surface area contributed by atoms with Gasteiger partial charge in [-0.1, -0.05) is 11.6 Å². The molecule has 1 aromatic carbocycles. The molecule has 0 unspecified atom stereocenters. The number of hydrogen-bond acceptors (Lipinski definition) is 0. The van der Waals surface area contributed by atoms with Crippen LogP contribution in [0.5, 0.6) is 0 Å². The van der Waals surface area contributed by atoms with Crippen molar-refractivity contribution in [3.05, 3.63) is 35.1 Å². The van der Waals surface area contributed by atoms with E-state index >= 15 is 0 Å². The molecule has 0 saturated heterocycles. The lowest BCUT2D eigenvalue weighted by Crippen LogP contribution is -1.69. The van der Waals surface area contributed by atoms with Crippen LogP contribution in [0.15, 0.2) is 12.1 Å². The van der Waals surface area contributed by atoms with Gasteiger partial charge in [0, 0.05) is 17.2 Å². The van der Waals surface area contributed by atoms with Crippen LogP contribution >= 0.6 is 11.6 Å². The van der Waals surface area contributed by atoms with Crippen molar-refractivity contribution in [3.8, 4) is 0 Å². The van der Waals surface area contributed by atoms with Crippen molar-refractivity contribution in [2.75, 3.05) is 0 Å². The van der Waals surface area contributed by atoms with Gasteiger partial charge in [0.25, 0.3) is 0 Å². The first-order valence-corrected chi connectivity index (χ1v) is 2.41. The van der Waals surface area contributed by atoms with Gasteiger partial charge in [-0.2, -0.15) is 0 Å². The van der Waals surface area contributed by atoms with Crippen LogP contribution in [-0.2, 0) is 0 Å². The Hall–Kier alpha value is -0.560. The molecule has 0 atom stereocenters. The lowest BCUT2D eigenvalue weighted by atomic mass is 10.4. The van der Waals surface area contributed by atoms with E-state index in [1.54, 1.807) is 0 Å². The van der Waals surface area contributed by atoms with Gasteiger partial charge < -0.3 is 0 Å². The topological polar surface area (TPSA) is 0 Å². The first kappa shape index (κ1) is 5.57. The maximum absolute atomic E-state index is 11.9. The van der Waals surface area contributed by atoms with Gasteiger partial charge in [-0.15, -0.1) is 0 Å². The van der Waals surface area contributed by atoms with Crippen LogP contribution in [0.4, 0.5) is 4.39 Å². The van der Waals surface area contributed by atoms with E-state index in [0.29, 0.717) is 5.02 Å². The van der Waals surface area contributed by atoms with E-state index in [-0.39, 0.29) is 0 Å². The SMILES string of the molecule is Fc1[c]cc(Cl)[c]c1. The average Bonchev–Trinajstić information content (AvgIpc) is 1.77. The zero-order valence-electron chi connectivity index (χ0n) is 3.91. The summed E-state index contributed by atoms with van der Waals surface area (Å²) in [7, 11) is 0. The smallest absolute Gasteiger partial charge is 0.131 e. The third-order valence-electron chi connectivity index (χ3n) is 0.674. The maximum atomic E-state index is 11.9. The predicted molar refractivity (Wildman–Crippen MR) is 29.1 cm³/mol. The van der Waals surface area contributed by atoms with Gasteiger partial charge in [0.2, 0.25) is 0 Å². The van der Waals surface area contributed by atoms with Crippen LogP contribution in [0.1, 0.15) is 0 Å². The third-order valence-corrected chi connectivity index (χ3v) is 0.892. The Morgan fingerprint density at radius 3 is 2.50 bits per heavy atom. The molecular weight excluding hydrogens is 127 g/mol. The van der Waals surface area contributed by atoms with E-state index in [1.165, 1.54) is 6.07 Å². The van der Waals surface area contributed by atoms with E-state index in [2.05, 4.69) is 12.1 Å². The van der Waals surface area contributed by atoms with Crippen LogP contribution in [0, 0.1) is 17.9 Å². The Kier molecular flexibility index (Phi) is 1.49. The largest absolute Gasteiger partial charge is 0.206 e. The molecule has 0 aliphatic rings. The molecule has 0 fully saturated rings. The molecular formula is C6H2ClF. The van der Waals surface area contributed by atoms with Gasteiger partial charge in [-0.25, -0.2) is 4.39 Å². The maximum Gasteiger partial charge on any atom is 0.131 e. The summed E-state index contributed by atoms with van der Waals surface area (Å²) >= 11 is 5.36. The number of rotatable bonds is 0. The van der Waals surface area contributed by atoms with Crippen molar-refractivity contribution in [2.24, 2.45) is 0 Å². The molecule has 0 amide bonds. The van der Waals surface area contributed by atoms with Gasteiger partial charge in [-0.3, -0.25) is 0 Å². The highest BCUT2D eigenvalue weighted by Gasteiger charge is 1.87. The zero-order valence-corrected chi connectivity index (χ0v) is 4.67. The molecule has 0 aromatic heterocycles. The van der Waals surface area contributed by atoms with E-state index < -0.39 is 5.82 Å². The molecule has 0 aliphatic carbocycles. The summed E-state index contributed by atoms with van der Waals surface area (Å²) < 4.78 is 11.9. The van der Waals surface area contributed by atoms with Crippen molar-refractivity contribution < 1.29 is 4.39 Å². The normalized spacial score (nSPS) is 9.25. The Balaban J connectivity index is 3.03. The summed E-state index contributed by atoms with van der Waals surface area (Å²) in [5.41, 5.74) is 0. The molecule has 2 radical (unpaired) electrons. The fourth-order valence-corrected chi connectivity index (χ4v) is 0.457. The molecule has 1 rings (SSSR count). The summed E-state index contributed by atoms with van der Waals surface area (Å²) in [6.07, 6.45) is 0. The van der Waals surface area contributed by atoms with Crippen molar-refractivity contribution >= 4 is 11.6 Å². The van der Waals surface area contributed by atoms with Crippen LogP contribution in [0.2, 0.25) is 5.02 Å². The highest BCUT2D eigenvalue weighted by Crippen LogP contribution is 2.05.